The van der Waals surface area contributed by atoms with E-state index in [0.29, 0.717) is 5.56 Å². The summed E-state index contributed by atoms with van der Waals surface area (Å²) in [7, 11) is 1.38. The number of carboxylic acid groups (broad SMARTS) is 1. The average Bonchev–Trinajstić information content (AvgIpc) is 2.85. The number of hydrogen-bond donors (Lipinski definition) is 1. The van der Waals surface area contributed by atoms with Crippen LogP contribution in [0.15, 0.2) is 30.5 Å². The minimum atomic E-state index is -1.24. The number of ether oxygens (including phenoxy) is 3. The molecule has 10 heteroatoms. The summed E-state index contributed by atoms with van der Waals surface area (Å²) >= 11 is 0. The third-order valence-electron chi connectivity index (χ3n) is 6.44. The van der Waals surface area contributed by atoms with Gasteiger partial charge in [0.05, 0.1) is 13.0 Å². The number of rotatable bonds is 12. The predicted molar refractivity (Wildman–Crippen MR) is 139 cm³/mol. The van der Waals surface area contributed by atoms with Crippen LogP contribution in [0.1, 0.15) is 69.1 Å². The maximum absolute atomic E-state index is 14.0. The summed E-state index contributed by atoms with van der Waals surface area (Å²) < 4.78 is 29.9. The number of benzene rings is 1. The Bertz CT molecular complexity index is 1150. The number of methoxy groups -OCH3 is 1. The second kappa shape index (κ2) is 13.2. The SMILES string of the molecule is COc1ccnc(C(=O)N(C(C)[C@H](c2ccc(F)cc2C)C(C)C)[C@@H](C)C(=O)O)c1OCOC(=O)C(C)C. The van der Waals surface area contributed by atoms with E-state index in [4.69, 9.17) is 14.2 Å². The second-order valence-electron chi connectivity index (χ2n) is 9.81. The number of aryl methyl sites for hydroxylation is 1. The number of pyridine rings is 1. The molecule has 0 saturated carbocycles. The molecule has 1 aromatic carbocycles. The van der Waals surface area contributed by atoms with Crippen molar-refractivity contribution in [1.29, 1.82) is 0 Å². The largest absolute Gasteiger partial charge is 0.493 e. The van der Waals surface area contributed by atoms with Crippen molar-refractivity contribution in [1.82, 2.24) is 9.88 Å². The van der Waals surface area contributed by atoms with E-state index in [1.165, 1.54) is 43.3 Å². The molecule has 3 atom stereocenters. The Hall–Kier alpha value is -3.69. The maximum Gasteiger partial charge on any atom is 0.326 e. The summed E-state index contributed by atoms with van der Waals surface area (Å²) in [6.07, 6.45) is 1.34. The van der Waals surface area contributed by atoms with Gasteiger partial charge in [-0.1, -0.05) is 33.8 Å². The minimum Gasteiger partial charge on any atom is -0.493 e. The molecule has 2 rings (SSSR count). The van der Waals surface area contributed by atoms with Crippen molar-refractivity contribution < 1.29 is 38.1 Å². The summed E-state index contributed by atoms with van der Waals surface area (Å²) in [5, 5.41) is 9.93. The molecule has 1 amide bonds. The van der Waals surface area contributed by atoms with Crippen molar-refractivity contribution in [3.63, 3.8) is 0 Å². The van der Waals surface area contributed by atoms with Crippen LogP contribution in [0.4, 0.5) is 4.39 Å². The Morgan fingerprint density at radius 2 is 1.74 bits per heavy atom. The number of halogens is 1. The third kappa shape index (κ3) is 6.99. The summed E-state index contributed by atoms with van der Waals surface area (Å²) in [5.41, 5.74) is 1.31. The fourth-order valence-corrected chi connectivity index (χ4v) is 4.51. The van der Waals surface area contributed by atoms with Gasteiger partial charge in [-0.2, -0.15) is 0 Å². The zero-order valence-corrected chi connectivity index (χ0v) is 23.1. The number of aromatic nitrogens is 1. The average molecular weight is 533 g/mol. The molecule has 0 radical (unpaired) electrons. The van der Waals surface area contributed by atoms with Gasteiger partial charge in [0.2, 0.25) is 6.79 Å². The highest BCUT2D eigenvalue weighted by atomic mass is 19.1. The quantitative estimate of drug-likeness (QED) is 0.306. The first kappa shape index (κ1) is 30.5. The Balaban J connectivity index is 2.58. The highest BCUT2D eigenvalue weighted by Gasteiger charge is 2.39. The lowest BCUT2D eigenvalue weighted by Crippen LogP contribution is -2.51. The molecule has 0 saturated heterocycles. The fraction of sp³-hybridized carbons (Fsp3) is 0.500. The standard InChI is InChI=1S/C28H37FN2O7/c1-15(2)23(21-10-9-20(29)13-17(21)5)18(6)31(19(7)27(33)34)26(32)24-25(22(36-8)11-12-30-24)37-14-38-28(35)16(3)4/h9-13,15-16,18-19,23H,14H2,1-8H3,(H,33,34)/t18?,19-,23+/m0/s1. The highest BCUT2D eigenvalue weighted by Crippen LogP contribution is 2.37. The summed E-state index contributed by atoms with van der Waals surface area (Å²) in [4.78, 5) is 43.5. The van der Waals surface area contributed by atoms with Gasteiger partial charge < -0.3 is 24.2 Å². The Labute approximate surface area is 222 Å². The predicted octanol–water partition coefficient (Wildman–Crippen LogP) is 4.82. The Kier molecular flexibility index (Phi) is 10.6. The van der Waals surface area contributed by atoms with Crippen LogP contribution < -0.4 is 9.47 Å². The van der Waals surface area contributed by atoms with Gasteiger partial charge in [0.1, 0.15) is 11.9 Å². The van der Waals surface area contributed by atoms with Gasteiger partial charge in [-0.25, -0.2) is 14.2 Å². The molecule has 0 aliphatic carbocycles. The van der Waals surface area contributed by atoms with Gasteiger partial charge in [-0.15, -0.1) is 0 Å². The molecule has 0 aliphatic rings. The molecule has 9 nitrogen and oxygen atoms in total. The molecule has 0 spiro atoms. The van der Waals surface area contributed by atoms with Gasteiger partial charge in [0.25, 0.3) is 5.91 Å². The van der Waals surface area contributed by atoms with Crippen LogP contribution in [0.5, 0.6) is 11.5 Å². The number of hydrogen-bond acceptors (Lipinski definition) is 7. The number of carbonyl (C=O) groups is 3. The zero-order valence-electron chi connectivity index (χ0n) is 23.1. The topological polar surface area (TPSA) is 115 Å². The van der Waals surface area contributed by atoms with E-state index in [0.717, 1.165) is 5.56 Å². The van der Waals surface area contributed by atoms with E-state index < -0.39 is 36.7 Å². The first-order chi connectivity index (χ1) is 17.8. The zero-order chi connectivity index (χ0) is 28.7. The lowest BCUT2D eigenvalue weighted by Gasteiger charge is -2.39. The number of esters is 1. The minimum absolute atomic E-state index is 0.0325. The molecule has 208 valence electrons. The van der Waals surface area contributed by atoms with Crippen LogP contribution >= 0.6 is 0 Å². The van der Waals surface area contributed by atoms with Crippen LogP contribution in [-0.2, 0) is 14.3 Å². The Morgan fingerprint density at radius 3 is 2.26 bits per heavy atom. The van der Waals surface area contributed by atoms with Crippen LogP contribution in [0.25, 0.3) is 0 Å². The van der Waals surface area contributed by atoms with Crippen molar-refractivity contribution in [2.75, 3.05) is 13.9 Å². The van der Waals surface area contributed by atoms with E-state index in [9.17, 15) is 23.9 Å². The van der Waals surface area contributed by atoms with E-state index >= 15 is 0 Å². The second-order valence-corrected chi connectivity index (χ2v) is 9.81. The van der Waals surface area contributed by atoms with Gasteiger partial charge in [0, 0.05) is 24.2 Å². The van der Waals surface area contributed by atoms with Crippen LogP contribution in [-0.4, -0.2) is 58.8 Å². The number of nitrogens with zero attached hydrogens (tertiary/aromatic N) is 2. The van der Waals surface area contributed by atoms with Crippen LogP contribution in [0.3, 0.4) is 0 Å². The smallest absolute Gasteiger partial charge is 0.326 e. The Morgan fingerprint density at radius 1 is 1.08 bits per heavy atom. The molecule has 0 bridgehead atoms. The lowest BCUT2D eigenvalue weighted by molar-refractivity contribution is -0.154. The lowest BCUT2D eigenvalue weighted by atomic mass is 9.80. The van der Waals surface area contributed by atoms with E-state index in [-0.39, 0.29) is 40.8 Å². The molecule has 1 unspecified atom stereocenters. The third-order valence-corrected chi connectivity index (χ3v) is 6.44. The van der Waals surface area contributed by atoms with Crippen molar-refractivity contribution in [2.24, 2.45) is 11.8 Å². The molecule has 38 heavy (non-hydrogen) atoms. The number of aliphatic carboxylic acids is 1. The van der Waals surface area contributed by atoms with E-state index in [1.54, 1.807) is 33.8 Å². The molecule has 0 fully saturated rings. The van der Waals surface area contributed by atoms with Gasteiger partial charge in [0.15, 0.2) is 17.2 Å². The monoisotopic (exact) mass is 532 g/mol. The van der Waals surface area contributed by atoms with Crippen molar-refractivity contribution in [3.05, 3.63) is 53.1 Å². The van der Waals surface area contributed by atoms with Crippen molar-refractivity contribution >= 4 is 17.8 Å². The summed E-state index contributed by atoms with van der Waals surface area (Å²) in [5.74, 6) is -3.45. The first-order valence-corrected chi connectivity index (χ1v) is 12.5. The summed E-state index contributed by atoms with van der Waals surface area (Å²) in [6.45, 7) is 11.7. The molecule has 1 heterocycles. The fourth-order valence-electron chi connectivity index (χ4n) is 4.51. The van der Waals surface area contributed by atoms with Crippen molar-refractivity contribution in [2.45, 2.75) is 66.5 Å². The number of amides is 1. The van der Waals surface area contributed by atoms with Crippen LogP contribution in [0, 0.1) is 24.6 Å². The molecular formula is C28H37FN2O7. The molecule has 1 aromatic heterocycles. The van der Waals surface area contributed by atoms with Crippen LogP contribution in [0.2, 0.25) is 0 Å². The molecule has 0 aliphatic heterocycles. The number of carboxylic acids is 1. The maximum atomic E-state index is 14.0. The summed E-state index contributed by atoms with van der Waals surface area (Å²) in [6, 6.07) is 4.03. The normalized spacial score (nSPS) is 13.6. The van der Waals surface area contributed by atoms with E-state index in [2.05, 4.69) is 4.98 Å². The highest BCUT2D eigenvalue weighted by molar-refractivity contribution is 5.98. The van der Waals surface area contributed by atoms with E-state index in [1.807, 2.05) is 13.8 Å². The van der Waals surface area contributed by atoms with Crippen molar-refractivity contribution in [3.8, 4) is 11.5 Å². The number of carbonyl (C=O) groups excluding carboxylic acids is 2. The first-order valence-electron chi connectivity index (χ1n) is 12.5. The molecular weight excluding hydrogens is 495 g/mol. The molecule has 1 N–H and O–H groups in total. The van der Waals surface area contributed by atoms with Gasteiger partial charge in [-0.05, 0) is 49.9 Å². The van der Waals surface area contributed by atoms with Gasteiger partial charge >= 0.3 is 11.9 Å². The molecule has 2 aromatic rings. The van der Waals surface area contributed by atoms with Gasteiger partial charge in [-0.3, -0.25) is 9.59 Å².